The first-order valence-electron chi connectivity index (χ1n) is 13.1. The molecule has 188 valence electrons. The van der Waals surface area contributed by atoms with Gasteiger partial charge in [0.2, 0.25) is 0 Å². The molecule has 0 radical (unpaired) electrons. The number of hydrogen-bond donors (Lipinski definition) is 2. The Balaban J connectivity index is 1.68. The molecule has 0 aromatic carbocycles. The van der Waals surface area contributed by atoms with Crippen LogP contribution < -0.4 is 0 Å². The van der Waals surface area contributed by atoms with Crippen LogP contribution in [0.2, 0.25) is 0 Å². The van der Waals surface area contributed by atoms with Crippen molar-refractivity contribution in [1.29, 1.82) is 0 Å². The lowest BCUT2D eigenvalue weighted by Crippen LogP contribution is -2.36. The zero-order valence-electron chi connectivity index (χ0n) is 21.8. The maximum absolute atomic E-state index is 10.0. The summed E-state index contributed by atoms with van der Waals surface area (Å²) in [4.78, 5) is 0. The van der Waals surface area contributed by atoms with Crippen molar-refractivity contribution in [1.82, 2.24) is 0 Å². The van der Waals surface area contributed by atoms with Gasteiger partial charge in [0, 0.05) is 13.0 Å². The second-order valence-electron chi connectivity index (χ2n) is 11.8. The highest BCUT2D eigenvalue weighted by Gasteiger charge is 2.50. The molecule has 0 heterocycles. The van der Waals surface area contributed by atoms with Crippen molar-refractivity contribution in [2.75, 3.05) is 13.9 Å². The molecule has 7 atom stereocenters. The first-order chi connectivity index (χ1) is 15.6. The monoisotopic (exact) mass is 460 g/mol. The number of rotatable bonds is 8. The molecule has 0 unspecified atom stereocenters. The van der Waals surface area contributed by atoms with Crippen LogP contribution in [0.4, 0.5) is 0 Å². The van der Waals surface area contributed by atoms with Gasteiger partial charge in [0.15, 0.2) is 0 Å². The number of methoxy groups -OCH3 is 1. The summed E-state index contributed by atoms with van der Waals surface area (Å²) in [6.07, 6.45) is 16.8. The Morgan fingerprint density at radius 1 is 1.09 bits per heavy atom. The van der Waals surface area contributed by atoms with E-state index >= 15 is 0 Å². The van der Waals surface area contributed by atoms with Crippen LogP contribution in [0.15, 0.2) is 35.5 Å². The molecule has 33 heavy (non-hydrogen) atoms. The normalized spacial score (nSPS) is 36.2. The molecule has 0 saturated heterocycles. The van der Waals surface area contributed by atoms with Crippen LogP contribution in [0, 0.1) is 29.1 Å². The van der Waals surface area contributed by atoms with E-state index in [0.29, 0.717) is 55.1 Å². The standard InChI is InChI=1S/C29H48O4/c1-20(9-10-21(2)28(3,4)33-19-32-6)26-13-14-27-23(8-7-15-29(26,27)5)12-11-22-16-24(30)18-25(31)17-22/h9-12,20-21,24-27,30-31H,7-8,13-19H2,1-6H3/b10-9?,23-12-/t20-,21+,24-,25-,26-,27+,29-/m1/s1. The summed E-state index contributed by atoms with van der Waals surface area (Å²) >= 11 is 0. The number of allylic oxidation sites excluding steroid dienone is 4. The van der Waals surface area contributed by atoms with Crippen LogP contribution in [0.25, 0.3) is 0 Å². The molecule has 4 nitrogen and oxygen atoms in total. The fourth-order valence-electron chi connectivity index (χ4n) is 6.72. The first-order valence-corrected chi connectivity index (χ1v) is 13.1. The maximum Gasteiger partial charge on any atom is 0.147 e. The lowest BCUT2D eigenvalue weighted by atomic mass is 9.61. The van der Waals surface area contributed by atoms with Gasteiger partial charge < -0.3 is 19.7 Å². The molecule has 2 N–H and O–H groups in total. The minimum Gasteiger partial charge on any atom is -0.393 e. The van der Waals surface area contributed by atoms with E-state index in [1.807, 2.05) is 0 Å². The van der Waals surface area contributed by atoms with Crippen molar-refractivity contribution in [3.05, 3.63) is 35.5 Å². The molecule has 3 aliphatic rings. The van der Waals surface area contributed by atoms with Gasteiger partial charge in [-0.2, -0.15) is 0 Å². The highest BCUT2D eigenvalue weighted by Crippen LogP contribution is 2.59. The van der Waals surface area contributed by atoms with Crippen molar-refractivity contribution in [2.45, 2.75) is 104 Å². The van der Waals surface area contributed by atoms with Gasteiger partial charge in [-0.25, -0.2) is 0 Å². The highest BCUT2D eigenvalue weighted by molar-refractivity contribution is 5.26. The van der Waals surface area contributed by atoms with Crippen molar-refractivity contribution >= 4 is 0 Å². The molecule has 0 aromatic rings. The Morgan fingerprint density at radius 3 is 2.45 bits per heavy atom. The van der Waals surface area contributed by atoms with Crippen molar-refractivity contribution < 1.29 is 19.7 Å². The Bertz CT molecular complexity index is 724. The van der Waals surface area contributed by atoms with E-state index in [0.717, 1.165) is 0 Å². The summed E-state index contributed by atoms with van der Waals surface area (Å²) in [5, 5.41) is 20.0. The molecule has 3 fully saturated rings. The minimum absolute atomic E-state index is 0.247. The van der Waals surface area contributed by atoms with Crippen LogP contribution in [0.5, 0.6) is 0 Å². The SMILES string of the molecule is COCOC(C)(C)[C@@H](C)C=C[C@@H](C)[C@H]1CC[C@H]2/C(=C\C=C3C[C@@H](O)C[C@H](O)C3)CCC[C@]12C. The Morgan fingerprint density at radius 2 is 1.79 bits per heavy atom. The summed E-state index contributed by atoms with van der Waals surface area (Å²) in [6.45, 7) is 11.8. The number of hydrogen-bond acceptors (Lipinski definition) is 4. The third kappa shape index (κ3) is 6.39. The average molecular weight is 461 g/mol. The Hall–Kier alpha value is -0.940. The molecule has 0 aromatic heterocycles. The summed E-state index contributed by atoms with van der Waals surface area (Å²) < 4.78 is 11.0. The third-order valence-electron chi connectivity index (χ3n) is 9.09. The smallest absolute Gasteiger partial charge is 0.147 e. The van der Waals surface area contributed by atoms with Gasteiger partial charge in [-0.3, -0.25) is 0 Å². The van der Waals surface area contributed by atoms with Gasteiger partial charge in [0.05, 0.1) is 17.8 Å². The second-order valence-corrected chi connectivity index (χ2v) is 11.8. The lowest BCUT2D eigenvalue weighted by molar-refractivity contribution is -0.128. The van der Waals surface area contributed by atoms with Crippen LogP contribution >= 0.6 is 0 Å². The van der Waals surface area contributed by atoms with Crippen molar-refractivity contribution in [3.63, 3.8) is 0 Å². The third-order valence-corrected chi connectivity index (χ3v) is 9.09. The summed E-state index contributed by atoms with van der Waals surface area (Å²) in [5.74, 6) is 2.21. The molecular formula is C29H48O4. The molecular weight excluding hydrogens is 412 g/mol. The van der Waals surface area contributed by atoms with Gasteiger partial charge in [0.25, 0.3) is 0 Å². The number of fused-ring (bicyclic) bond motifs is 1. The quantitative estimate of drug-likeness (QED) is 0.335. The highest BCUT2D eigenvalue weighted by atomic mass is 16.7. The van der Waals surface area contributed by atoms with E-state index in [4.69, 9.17) is 9.47 Å². The van der Waals surface area contributed by atoms with E-state index < -0.39 is 12.2 Å². The van der Waals surface area contributed by atoms with Crippen LogP contribution in [-0.4, -0.2) is 41.9 Å². The topological polar surface area (TPSA) is 58.9 Å². The van der Waals surface area contributed by atoms with Gasteiger partial charge in [-0.1, -0.05) is 56.2 Å². The van der Waals surface area contributed by atoms with Gasteiger partial charge in [-0.05, 0) is 88.4 Å². The van der Waals surface area contributed by atoms with Crippen LogP contribution in [0.3, 0.4) is 0 Å². The molecule has 3 saturated carbocycles. The van der Waals surface area contributed by atoms with E-state index in [2.05, 4.69) is 58.9 Å². The minimum atomic E-state index is -0.397. The Kier molecular flexibility index (Phi) is 9.05. The summed E-state index contributed by atoms with van der Waals surface area (Å²) in [6, 6.07) is 0. The van der Waals surface area contributed by atoms with E-state index in [9.17, 15) is 10.2 Å². The fraction of sp³-hybridized carbons (Fsp3) is 0.793. The average Bonchev–Trinajstić information content (AvgIpc) is 3.11. The molecule has 4 heteroatoms. The second kappa shape index (κ2) is 11.2. The zero-order chi connectivity index (χ0) is 24.2. The maximum atomic E-state index is 10.0. The lowest BCUT2D eigenvalue weighted by Gasteiger charge is -2.44. The van der Waals surface area contributed by atoms with Gasteiger partial charge in [-0.15, -0.1) is 0 Å². The molecule has 3 aliphatic carbocycles. The van der Waals surface area contributed by atoms with E-state index in [-0.39, 0.29) is 5.60 Å². The molecule has 0 spiro atoms. The predicted octanol–water partition coefficient (Wildman–Crippen LogP) is 6.19. The number of aliphatic hydroxyl groups excluding tert-OH is 2. The first kappa shape index (κ1) is 26.7. The van der Waals surface area contributed by atoms with Crippen LogP contribution in [-0.2, 0) is 9.47 Å². The molecule has 0 aliphatic heterocycles. The predicted molar refractivity (Wildman–Crippen MR) is 135 cm³/mol. The molecule has 3 rings (SSSR count). The Labute approximate surface area is 202 Å². The molecule has 0 bridgehead atoms. The zero-order valence-corrected chi connectivity index (χ0v) is 21.8. The van der Waals surface area contributed by atoms with Gasteiger partial charge in [0.1, 0.15) is 6.79 Å². The fourth-order valence-corrected chi connectivity index (χ4v) is 6.72. The van der Waals surface area contributed by atoms with Crippen LogP contribution in [0.1, 0.15) is 86.0 Å². The van der Waals surface area contributed by atoms with E-state index in [1.165, 1.54) is 37.7 Å². The number of ether oxygens (including phenoxy) is 2. The summed E-state index contributed by atoms with van der Waals surface area (Å²) in [5.41, 5.74) is 2.89. The largest absolute Gasteiger partial charge is 0.393 e. The van der Waals surface area contributed by atoms with Crippen molar-refractivity contribution in [3.8, 4) is 0 Å². The van der Waals surface area contributed by atoms with Crippen molar-refractivity contribution in [2.24, 2.45) is 29.1 Å². The number of aliphatic hydroxyl groups is 2. The van der Waals surface area contributed by atoms with E-state index in [1.54, 1.807) is 12.7 Å². The summed E-state index contributed by atoms with van der Waals surface area (Å²) in [7, 11) is 1.67. The van der Waals surface area contributed by atoms with Gasteiger partial charge >= 0.3 is 0 Å². The molecule has 0 amide bonds.